The molecule has 4 rings (SSSR count). The van der Waals surface area contributed by atoms with Gasteiger partial charge in [0.05, 0.1) is 16.2 Å². The van der Waals surface area contributed by atoms with Crippen molar-refractivity contribution in [1.29, 1.82) is 0 Å². The van der Waals surface area contributed by atoms with Crippen molar-refractivity contribution in [3.8, 4) is 0 Å². The van der Waals surface area contributed by atoms with Gasteiger partial charge in [-0.25, -0.2) is 22.9 Å². The molecule has 1 N–H and O–H groups in total. The van der Waals surface area contributed by atoms with Crippen molar-refractivity contribution in [1.82, 2.24) is 14.7 Å². The summed E-state index contributed by atoms with van der Waals surface area (Å²) in [5, 5.41) is 2.78. The first-order valence-corrected chi connectivity index (χ1v) is 10.8. The lowest BCUT2D eigenvalue weighted by Crippen LogP contribution is -2.37. The molecule has 0 saturated heterocycles. The fraction of sp³-hybridized carbons (Fsp3) is 0.364. The third-order valence-electron chi connectivity index (χ3n) is 5.58. The topological polar surface area (TPSA) is 55.6 Å². The maximum Gasteiger partial charge on any atom is 0.408 e. The maximum absolute atomic E-state index is 14.4. The molecular formula is C22H21BrF3N3O2. The zero-order valence-electron chi connectivity index (χ0n) is 16.5. The fourth-order valence-corrected chi connectivity index (χ4v) is 4.18. The van der Waals surface area contributed by atoms with E-state index in [0.717, 1.165) is 5.56 Å². The number of hydrogen-bond donors (Lipinski definition) is 1. The number of imidazole rings is 1. The van der Waals surface area contributed by atoms with E-state index in [0.29, 0.717) is 5.69 Å². The van der Waals surface area contributed by atoms with E-state index >= 15 is 0 Å². The van der Waals surface area contributed by atoms with Crippen LogP contribution in [0.25, 0.3) is 5.65 Å². The van der Waals surface area contributed by atoms with Crippen LogP contribution in [-0.2, 0) is 11.3 Å². The summed E-state index contributed by atoms with van der Waals surface area (Å²) in [4.78, 5) is 16.9. The molecule has 1 fully saturated rings. The Labute approximate surface area is 185 Å². The zero-order valence-corrected chi connectivity index (χ0v) is 18.1. The number of alkyl carbamates (subject to hydrolysis) is 1. The number of carbonyl (C=O) groups is 1. The first-order valence-electron chi connectivity index (χ1n) is 10.00. The van der Waals surface area contributed by atoms with Gasteiger partial charge in [0.15, 0.2) is 11.5 Å². The molecule has 2 heterocycles. The van der Waals surface area contributed by atoms with E-state index in [-0.39, 0.29) is 48.3 Å². The number of pyridine rings is 1. The predicted octanol–water partition coefficient (Wildman–Crippen LogP) is 6.03. The number of carbonyl (C=O) groups excluding carboxylic acids is 1. The number of ether oxygens (including phenoxy) is 1. The first-order chi connectivity index (χ1) is 14.8. The highest BCUT2D eigenvalue weighted by molar-refractivity contribution is 9.10. The van der Waals surface area contributed by atoms with Crippen LogP contribution < -0.4 is 5.32 Å². The molecule has 1 aliphatic rings. The van der Waals surface area contributed by atoms with Crippen molar-refractivity contribution >= 4 is 27.7 Å². The summed E-state index contributed by atoms with van der Waals surface area (Å²) >= 11 is 3.13. The second-order valence-electron chi connectivity index (χ2n) is 7.75. The lowest BCUT2D eigenvalue weighted by molar-refractivity contribution is -0.0497. The van der Waals surface area contributed by atoms with Gasteiger partial charge in [0.1, 0.15) is 6.61 Å². The summed E-state index contributed by atoms with van der Waals surface area (Å²) in [6.07, 6.45) is 2.49. The van der Waals surface area contributed by atoms with Crippen LogP contribution in [0.3, 0.4) is 0 Å². The molecule has 31 heavy (non-hydrogen) atoms. The second kappa shape index (κ2) is 8.90. The Morgan fingerprint density at radius 3 is 2.68 bits per heavy atom. The van der Waals surface area contributed by atoms with Gasteiger partial charge in [0.2, 0.25) is 5.92 Å². The Morgan fingerprint density at radius 1 is 1.26 bits per heavy atom. The van der Waals surface area contributed by atoms with Crippen LogP contribution in [-0.4, -0.2) is 21.4 Å². The third kappa shape index (κ3) is 5.03. The van der Waals surface area contributed by atoms with Gasteiger partial charge in [-0.05, 0) is 46.3 Å². The quantitative estimate of drug-likeness (QED) is 0.470. The molecule has 9 heteroatoms. The summed E-state index contributed by atoms with van der Waals surface area (Å²) < 4.78 is 48.9. The number of amides is 1. The summed E-state index contributed by atoms with van der Waals surface area (Å²) in [5.74, 6) is -3.50. The van der Waals surface area contributed by atoms with Gasteiger partial charge in [0.25, 0.3) is 0 Å². The fourth-order valence-electron chi connectivity index (χ4n) is 3.88. The van der Waals surface area contributed by atoms with Gasteiger partial charge >= 0.3 is 6.09 Å². The van der Waals surface area contributed by atoms with Crippen LogP contribution >= 0.6 is 15.9 Å². The summed E-state index contributed by atoms with van der Waals surface area (Å²) in [6.45, 7) is 0.0782. The molecular weight excluding hydrogens is 475 g/mol. The van der Waals surface area contributed by atoms with Crippen molar-refractivity contribution in [2.24, 2.45) is 5.92 Å². The van der Waals surface area contributed by atoms with Crippen molar-refractivity contribution in [3.05, 3.63) is 70.3 Å². The number of nitrogens with zero attached hydrogens (tertiary/aromatic N) is 2. The van der Waals surface area contributed by atoms with Crippen LogP contribution in [0, 0.1) is 11.7 Å². The van der Waals surface area contributed by atoms with Gasteiger partial charge < -0.3 is 14.5 Å². The molecule has 0 aliphatic heterocycles. The van der Waals surface area contributed by atoms with Crippen LogP contribution in [0.2, 0.25) is 0 Å². The molecule has 0 spiro atoms. The molecule has 1 aliphatic carbocycles. The highest BCUT2D eigenvalue weighted by Gasteiger charge is 2.39. The minimum absolute atomic E-state index is 0.0782. The normalized spacial score (nSPS) is 17.4. The first kappa shape index (κ1) is 21.7. The zero-order chi connectivity index (χ0) is 22.0. The lowest BCUT2D eigenvalue weighted by Gasteiger charge is -2.33. The maximum atomic E-state index is 14.4. The Kier molecular flexibility index (Phi) is 6.22. The van der Waals surface area contributed by atoms with Crippen molar-refractivity contribution < 1.29 is 22.7 Å². The molecule has 1 atom stereocenters. The number of hydrogen-bond acceptors (Lipinski definition) is 3. The number of benzene rings is 1. The van der Waals surface area contributed by atoms with E-state index in [2.05, 4.69) is 26.2 Å². The van der Waals surface area contributed by atoms with Crippen LogP contribution in [0.4, 0.5) is 18.0 Å². The van der Waals surface area contributed by atoms with Crippen LogP contribution in [0.1, 0.15) is 43.0 Å². The smallest absolute Gasteiger partial charge is 0.408 e. The Bertz CT molecular complexity index is 1060. The van der Waals surface area contributed by atoms with Gasteiger partial charge in [0, 0.05) is 25.2 Å². The van der Waals surface area contributed by atoms with E-state index < -0.39 is 23.9 Å². The van der Waals surface area contributed by atoms with Crippen LogP contribution in [0.5, 0.6) is 0 Å². The molecule has 5 nitrogen and oxygen atoms in total. The van der Waals surface area contributed by atoms with E-state index in [1.165, 1.54) is 4.40 Å². The monoisotopic (exact) mass is 495 g/mol. The second-order valence-corrected chi connectivity index (χ2v) is 8.61. The van der Waals surface area contributed by atoms with E-state index in [1.54, 1.807) is 18.5 Å². The predicted molar refractivity (Wildman–Crippen MR) is 112 cm³/mol. The van der Waals surface area contributed by atoms with Gasteiger partial charge in [-0.1, -0.05) is 30.3 Å². The average Bonchev–Trinajstić information content (AvgIpc) is 3.19. The van der Waals surface area contributed by atoms with Crippen molar-refractivity contribution in [2.45, 2.75) is 44.3 Å². The number of rotatable bonds is 5. The number of fused-ring (bicyclic) bond motifs is 1. The van der Waals surface area contributed by atoms with E-state index in [4.69, 9.17) is 4.74 Å². The SMILES string of the molecule is O=C(NC(c1cn2ccc(Br)c(F)c2n1)C1CCC(F)(F)CC1)OCc1ccccc1. The van der Waals surface area contributed by atoms with Crippen molar-refractivity contribution in [2.75, 3.05) is 0 Å². The number of nitrogens with one attached hydrogen (secondary N) is 1. The van der Waals surface area contributed by atoms with Crippen LogP contribution in [0.15, 0.2) is 53.3 Å². The molecule has 2 aromatic heterocycles. The highest BCUT2D eigenvalue weighted by Crippen LogP contribution is 2.41. The molecule has 0 bridgehead atoms. The molecule has 1 aromatic carbocycles. The lowest BCUT2D eigenvalue weighted by atomic mass is 9.81. The summed E-state index contributed by atoms with van der Waals surface area (Å²) in [5.41, 5.74) is 1.32. The van der Waals surface area contributed by atoms with Crippen molar-refractivity contribution in [3.63, 3.8) is 0 Å². The summed E-state index contributed by atoms with van der Waals surface area (Å²) in [7, 11) is 0. The highest BCUT2D eigenvalue weighted by atomic mass is 79.9. The van der Waals surface area contributed by atoms with Gasteiger partial charge in [-0.2, -0.15) is 0 Å². The van der Waals surface area contributed by atoms with E-state index in [9.17, 15) is 18.0 Å². The van der Waals surface area contributed by atoms with E-state index in [1.807, 2.05) is 30.3 Å². The molecule has 1 saturated carbocycles. The minimum Gasteiger partial charge on any atom is -0.445 e. The standard InChI is InChI=1S/C22H21BrF3N3O2/c23-16-8-11-29-12-17(27-20(29)18(16)24)19(15-6-9-22(25,26)10-7-15)28-21(30)31-13-14-4-2-1-3-5-14/h1-5,8,11-12,15,19H,6-7,9-10,13H2,(H,28,30). The summed E-state index contributed by atoms with van der Waals surface area (Å²) in [6, 6.07) is 10.1. The molecule has 1 unspecified atom stereocenters. The molecule has 164 valence electrons. The van der Waals surface area contributed by atoms with Gasteiger partial charge in [-0.15, -0.1) is 0 Å². The molecule has 1 amide bonds. The largest absolute Gasteiger partial charge is 0.445 e. The third-order valence-corrected chi connectivity index (χ3v) is 6.19. The van der Waals surface area contributed by atoms with Gasteiger partial charge in [-0.3, -0.25) is 0 Å². The Morgan fingerprint density at radius 2 is 1.97 bits per heavy atom. The molecule has 0 radical (unpaired) electrons. The average molecular weight is 496 g/mol. The number of aromatic nitrogens is 2. The minimum atomic E-state index is -2.70. The molecule has 3 aromatic rings. The Hall–Kier alpha value is -2.55. The number of halogens is 4. The Balaban J connectivity index is 1.56. The number of alkyl halides is 2.